The molecule has 2 heterocycles. The van der Waals surface area contributed by atoms with Crippen molar-refractivity contribution in [3.8, 4) is 0 Å². The van der Waals surface area contributed by atoms with E-state index in [1.807, 2.05) is 31.9 Å². The van der Waals surface area contributed by atoms with Gasteiger partial charge in [-0.25, -0.2) is 4.99 Å². The zero-order valence-electron chi connectivity index (χ0n) is 18.0. The molecular weight excluding hydrogens is 511 g/mol. The van der Waals surface area contributed by atoms with Crippen molar-refractivity contribution < 1.29 is 5.11 Å². The number of aromatic nitrogens is 2. The number of aryl methyl sites for hydroxylation is 1. The van der Waals surface area contributed by atoms with Crippen molar-refractivity contribution in [2.24, 2.45) is 12.0 Å². The van der Waals surface area contributed by atoms with E-state index in [9.17, 15) is 5.11 Å². The second-order valence-electron chi connectivity index (χ2n) is 7.49. The van der Waals surface area contributed by atoms with Crippen molar-refractivity contribution >= 4 is 47.4 Å². The van der Waals surface area contributed by atoms with Crippen LogP contribution in [0.15, 0.2) is 41.7 Å². The predicted octanol–water partition coefficient (Wildman–Crippen LogP) is 2.55. The average Bonchev–Trinajstić information content (AvgIpc) is 3.18. The molecule has 1 fully saturated rings. The fourth-order valence-corrected chi connectivity index (χ4v) is 4.11. The first-order chi connectivity index (χ1) is 14.0. The van der Waals surface area contributed by atoms with E-state index in [-0.39, 0.29) is 24.0 Å². The van der Waals surface area contributed by atoms with Crippen molar-refractivity contribution in [2.75, 3.05) is 42.6 Å². The first-order valence-corrected chi connectivity index (χ1v) is 11.3. The Bertz CT molecular complexity index is 802. The molecule has 0 radical (unpaired) electrons. The maximum Gasteiger partial charge on any atom is 0.191 e. The van der Waals surface area contributed by atoms with Crippen LogP contribution in [0, 0.1) is 0 Å². The van der Waals surface area contributed by atoms with E-state index in [1.165, 1.54) is 17.2 Å². The smallest absolute Gasteiger partial charge is 0.191 e. The van der Waals surface area contributed by atoms with E-state index in [2.05, 4.69) is 49.9 Å². The Morgan fingerprint density at radius 3 is 2.53 bits per heavy atom. The van der Waals surface area contributed by atoms with Crippen LogP contribution in [-0.4, -0.2) is 58.5 Å². The van der Waals surface area contributed by atoms with Gasteiger partial charge in [0, 0.05) is 55.6 Å². The number of nitrogens with zero attached hydrogens (tertiary/aromatic N) is 4. The highest BCUT2D eigenvalue weighted by Gasteiger charge is 2.25. The molecule has 30 heavy (non-hydrogen) atoms. The zero-order chi connectivity index (χ0) is 20.7. The zero-order valence-corrected chi connectivity index (χ0v) is 21.1. The lowest BCUT2D eigenvalue weighted by Crippen LogP contribution is -2.44. The number of benzene rings is 1. The number of anilines is 1. The van der Waals surface area contributed by atoms with Gasteiger partial charge < -0.3 is 20.6 Å². The minimum atomic E-state index is -1.03. The summed E-state index contributed by atoms with van der Waals surface area (Å²) in [5.74, 6) is 3.09. The molecule has 3 rings (SSSR count). The Morgan fingerprint density at radius 1 is 1.23 bits per heavy atom. The Balaban J connectivity index is 0.00000320. The Hall–Kier alpha value is -1.46. The second-order valence-corrected chi connectivity index (χ2v) is 8.72. The first kappa shape index (κ1) is 24.8. The van der Waals surface area contributed by atoms with Gasteiger partial charge in [-0.1, -0.05) is 12.1 Å². The summed E-state index contributed by atoms with van der Waals surface area (Å²) in [7, 11) is 1.84. The number of nitrogens with one attached hydrogen (secondary N) is 2. The second kappa shape index (κ2) is 11.8. The number of thioether (sulfide) groups is 1. The fourth-order valence-electron chi connectivity index (χ4n) is 3.20. The lowest BCUT2D eigenvalue weighted by Gasteiger charge is -2.28. The minimum Gasteiger partial charge on any atom is -0.383 e. The molecule has 1 aliphatic rings. The molecule has 9 heteroatoms. The summed E-state index contributed by atoms with van der Waals surface area (Å²) in [6, 6.07) is 8.68. The van der Waals surface area contributed by atoms with E-state index < -0.39 is 5.60 Å². The number of hydrogen-bond donors (Lipinski definition) is 3. The van der Waals surface area contributed by atoms with Gasteiger partial charge in [-0.3, -0.25) is 4.68 Å². The van der Waals surface area contributed by atoms with Gasteiger partial charge in [0.15, 0.2) is 5.96 Å². The molecule has 0 saturated carbocycles. The largest absolute Gasteiger partial charge is 0.383 e. The molecule has 1 saturated heterocycles. The lowest BCUT2D eigenvalue weighted by atomic mass is 10.00. The highest BCUT2D eigenvalue weighted by Crippen LogP contribution is 2.20. The summed E-state index contributed by atoms with van der Waals surface area (Å²) < 4.78 is 1.69. The lowest BCUT2D eigenvalue weighted by molar-refractivity contribution is 0.0616. The molecule has 0 spiro atoms. The monoisotopic (exact) mass is 544 g/mol. The van der Waals surface area contributed by atoms with Crippen LogP contribution in [0.1, 0.15) is 25.0 Å². The maximum atomic E-state index is 10.8. The molecule has 0 aliphatic carbocycles. The number of hydrogen-bond acceptors (Lipinski definition) is 5. The van der Waals surface area contributed by atoms with Gasteiger partial charge in [0.05, 0.1) is 19.3 Å². The van der Waals surface area contributed by atoms with Crippen LogP contribution < -0.4 is 15.5 Å². The molecule has 1 unspecified atom stereocenters. The fraction of sp³-hybridized carbons (Fsp3) is 0.524. The molecule has 1 aromatic carbocycles. The molecular formula is C21H33IN6OS. The van der Waals surface area contributed by atoms with Gasteiger partial charge in [-0.15, -0.1) is 24.0 Å². The minimum absolute atomic E-state index is 0. The Morgan fingerprint density at radius 2 is 1.93 bits per heavy atom. The van der Waals surface area contributed by atoms with Gasteiger partial charge in [-0.2, -0.15) is 16.9 Å². The van der Waals surface area contributed by atoms with Crippen LogP contribution in [0.3, 0.4) is 0 Å². The van der Waals surface area contributed by atoms with Crippen LogP contribution >= 0.6 is 35.7 Å². The molecule has 1 aliphatic heterocycles. The molecule has 2 aromatic rings. The quantitative estimate of drug-likeness (QED) is 0.283. The molecule has 0 amide bonds. The van der Waals surface area contributed by atoms with Gasteiger partial charge >= 0.3 is 0 Å². The number of aliphatic hydroxyl groups is 1. The van der Waals surface area contributed by atoms with Crippen LogP contribution in [0.4, 0.5) is 5.69 Å². The van der Waals surface area contributed by atoms with Gasteiger partial charge in [0.2, 0.25) is 0 Å². The molecule has 1 aromatic heterocycles. The van der Waals surface area contributed by atoms with E-state index in [0.29, 0.717) is 19.0 Å². The summed E-state index contributed by atoms with van der Waals surface area (Å²) in [6.45, 7) is 7.73. The highest BCUT2D eigenvalue weighted by molar-refractivity contribution is 14.0. The number of rotatable bonds is 7. The first-order valence-electron chi connectivity index (χ1n) is 10.1. The molecule has 1 atom stereocenters. The summed E-state index contributed by atoms with van der Waals surface area (Å²) in [4.78, 5) is 7.11. The molecule has 7 nitrogen and oxygen atoms in total. The van der Waals surface area contributed by atoms with Crippen LogP contribution in [0.5, 0.6) is 0 Å². The van der Waals surface area contributed by atoms with Crippen molar-refractivity contribution in [3.05, 3.63) is 47.8 Å². The summed E-state index contributed by atoms with van der Waals surface area (Å²) in [5, 5.41) is 21.4. The van der Waals surface area contributed by atoms with Gasteiger partial charge in [0.1, 0.15) is 5.60 Å². The predicted molar refractivity (Wildman–Crippen MR) is 137 cm³/mol. The number of halogens is 1. The SMILES string of the molecule is CCNC(=NCc1ccc(N2CCSCC2)cc1)NCC(C)(O)c1cnn(C)c1.I. The average molecular weight is 545 g/mol. The van der Waals surface area contributed by atoms with E-state index in [0.717, 1.165) is 30.8 Å². The number of guanidine groups is 1. The summed E-state index contributed by atoms with van der Waals surface area (Å²) in [6.07, 6.45) is 3.52. The third kappa shape index (κ3) is 7.05. The molecule has 166 valence electrons. The van der Waals surface area contributed by atoms with E-state index in [4.69, 9.17) is 0 Å². The van der Waals surface area contributed by atoms with E-state index in [1.54, 1.807) is 17.8 Å². The van der Waals surface area contributed by atoms with E-state index >= 15 is 0 Å². The summed E-state index contributed by atoms with van der Waals surface area (Å²) in [5.41, 5.74) is 2.20. The van der Waals surface area contributed by atoms with Crippen LogP contribution in [0.25, 0.3) is 0 Å². The van der Waals surface area contributed by atoms with Crippen molar-refractivity contribution in [1.29, 1.82) is 0 Å². The highest BCUT2D eigenvalue weighted by atomic mass is 127. The van der Waals surface area contributed by atoms with Crippen molar-refractivity contribution in [1.82, 2.24) is 20.4 Å². The topological polar surface area (TPSA) is 77.7 Å². The Kier molecular flexibility index (Phi) is 9.76. The Labute approximate surface area is 200 Å². The standard InChI is InChI=1S/C21H32N6OS.HI/c1-4-22-20(24-16-21(2,28)18-14-25-26(3)15-18)23-13-17-5-7-19(8-6-17)27-9-11-29-12-10-27;/h5-8,14-15,28H,4,9-13,16H2,1-3H3,(H2,22,23,24);1H. The third-order valence-corrected chi connectivity index (χ3v) is 5.95. The van der Waals surface area contributed by atoms with Gasteiger partial charge in [0.25, 0.3) is 0 Å². The van der Waals surface area contributed by atoms with Gasteiger partial charge in [-0.05, 0) is 31.5 Å². The molecule has 3 N–H and O–H groups in total. The van der Waals surface area contributed by atoms with Crippen LogP contribution in [-0.2, 0) is 19.2 Å². The molecule has 0 bridgehead atoms. The normalized spacial score (nSPS) is 16.5. The van der Waals surface area contributed by atoms with Crippen molar-refractivity contribution in [3.63, 3.8) is 0 Å². The summed E-state index contributed by atoms with van der Waals surface area (Å²) >= 11 is 2.02. The van der Waals surface area contributed by atoms with Crippen LogP contribution in [0.2, 0.25) is 0 Å². The number of aliphatic imine (C=N–C) groups is 1. The maximum absolute atomic E-state index is 10.8. The van der Waals surface area contributed by atoms with Crippen molar-refractivity contribution in [2.45, 2.75) is 26.0 Å². The third-order valence-electron chi connectivity index (χ3n) is 5.00.